The summed E-state index contributed by atoms with van der Waals surface area (Å²) >= 11 is 0. The van der Waals surface area contributed by atoms with Gasteiger partial charge in [-0.3, -0.25) is 0 Å². The van der Waals surface area contributed by atoms with E-state index in [0.717, 1.165) is 6.54 Å². The van der Waals surface area contributed by atoms with Crippen LogP contribution in [-0.4, -0.2) is 35.5 Å². The quantitative estimate of drug-likeness (QED) is 0.473. The largest absolute Gasteiger partial charge is 0.390 e. The highest BCUT2D eigenvalue weighted by atomic mass is 16.3. The summed E-state index contributed by atoms with van der Waals surface area (Å²) in [5.74, 6) is 0.978. The average molecular weight is 157 g/mol. The maximum atomic E-state index is 9.56. The molecule has 0 aromatic rings. The predicted octanol–water partition coefficient (Wildman–Crippen LogP) is -0.662. The zero-order valence-electron chi connectivity index (χ0n) is 6.53. The van der Waals surface area contributed by atoms with Crippen molar-refractivity contribution in [2.24, 2.45) is 11.8 Å². The number of aliphatic hydroxyl groups is 2. The number of nitrogens with one attached hydrogen (secondary N) is 1. The monoisotopic (exact) mass is 157 g/mol. The fourth-order valence-corrected chi connectivity index (χ4v) is 1.89. The molecule has 0 aromatic carbocycles. The van der Waals surface area contributed by atoms with E-state index in [1.165, 1.54) is 12.8 Å². The number of rotatable bonds is 1. The van der Waals surface area contributed by atoms with Crippen LogP contribution in [-0.2, 0) is 0 Å². The van der Waals surface area contributed by atoms with Crippen molar-refractivity contribution >= 4 is 0 Å². The fourth-order valence-electron chi connectivity index (χ4n) is 1.89. The molecule has 2 aliphatic rings. The van der Waals surface area contributed by atoms with Crippen molar-refractivity contribution in [3.8, 4) is 0 Å². The second kappa shape index (κ2) is 2.73. The molecule has 1 heterocycles. The Morgan fingerprint density at radius 2 is 1.82 bits per heavy atom. The lowest BCUT2D eigenvalue weighted by Crippen LogP contribution is -2.51. The zero-order valence-corrected chi connectivity index (χ0v) is 6.53. The summed E-state index contributed by atoms with van der Waals surface area (Å²) in [5, 5.41) is 22.0. The van der Waals surface area contributed by atoms with Crippen LogP contribution in [0.25, 0.3) is 0 Å². The molecule has 1 saturated carbocycles. The van der Waals surface area contributed by atoms with Crippen molar-refractivity contribution in [2.45, 2.75) is 25.0 Å². The van der Waals surface area contributed by atoms with E-state index < -0.39 is 12.2 Å². The van der Waals surface area contributed by atoms with Crippen molar-refractivity contribution in [1.29, 1.82) is 0 Å². The first-order chi connectivity index (χ1) is 5.29. The lowest BCUT2D eigenvalue weighted by atomic mass is 9.90. The Kier molecular flexibility index (Phi) is 1.87. The summed E-state index contributed by atoms with van der Waals surface area (Å²) in [6, 6.07) is 0. The van der Waals surface area contributed by atoms with Gasteiger partial charge in [-0.2, -0.15) is 0 Å². The molecule has 3 atom stereocenters. The number of piperidine rings is 1. The Hall–Kier alpha value is -0.120. The first-order valence-corrected chi connectivity index (χ1v) is 4.36. The normalized spacial score (nSPS) is 45.8. The third-order valence-corrected chi connectivity index (χ3v) is 2.79. The molecule has 1 unspecified atom stereocenters. The molecule has 3 nitrogen and oxygen atoms in total. The molecule has 0 aromatic heterocycles. The summed E-state index contributed by atoms with van der Waals surface area (Å²) in [7, 11) is 0. The number of hydrogen-bond acceptors (Lipinski definition) is 3. The molecule has 1 saturated heterocycles. The van der Waals surface area contributed by atoms with Crippen molar-refractivity contribution < 1.29 is 10.2 Å². The van der Waals surface area contributed by atoms with Crippen LogP contribution in [0.4, 0.5) is 0 Å². The van der Waals surface area contributed by atoms with Gasteiger partial charge in [-0.25, -0.2) is 0 Å². The highest BCUT2D eigenvalue weighted by Gasteiger charge is 2.40. The summed E-state index contributed by atoms with van der Waals surface area (Å²) in [6.45, 7) is 1.42. The van der Waals surface area contributed by atoms with Gasteiger partial charge in [0.1, 0.15) is 0 Å². The molecule has 2 rings (SSSR count). The van der Waals surface area contributed by atoms with Crippen LogP contribution in [0.3, 0.4) is 0 Å². The molecule has 64 valence electrons. The van der Waals surface area contributed by atoms with Gasteiger partial charge in [0.2, 0.25) is 0 Å². The van der Waals surface area contributed by atoms with Crippen LogP contribution < -0.4 is 5.32 Å². The smallest absolute Gasteiger partial charge is 0.0926 e. The van der Waals surface area contributed by atoms with Crippen molar-refractivity contribution in [3.05, 3.63) is 0 Å². The van der Waals surface area contributed by atoms with E-state index in [9.17, 15) is 10.2 Å². The molecule has 1 aliphatic carbocycles. The molecule has 3 N–H and O–H groups in total. The zero-order chi connectivity index (χ0) is 7.84. The van der Waals surface area contributed by atoms with Crippen LogP contribution >= 0.6 is 0 Å². The molecular weight excluding hydrogens is 142 g/mol. The van der Waals surface area contributed by atoms with Crippen molar-refractivity contribution in [1.82, 2.24) is 5.32 Å². The molecule has 1 aliphatic heterocycles. The van der Waals surface area contributed by atoms with Crippen LogP contribution in [0.2, 0.25) is 0 Å². The van der Waals surface area contributed by atoms with E-state index in [1.807, 2.05) is 0 Å². The first-order valence-electron chi connectivity index (χ1n) is 4.36. The van der Waals surface area contributed by atoms with Crippen LogP contribution in [0.5, 0.6) is 0 Å². The third kappa shape index (κ3) is 1.41. The topological polar surface area (TPSA) is 52.5 Å². The predicted molar refractivity (Wildman–Crippen MR) is 41.1 cm³/mol. The van der Waals surface area contributed by atoms with E-state index in [0.29, 0.717) is 18.4 Å². The Labute approximate surface area is 66.4 Å². The van der Waals surface area contributed by atoms with E-state index >= 15 is 0 Å². The Morgan fingerprint density at radius 3 is 2.45 bits per heavy atom. The summed E-state index contributed by atoms with van der Waals surface area (Å²) < 4.78 is 0. The van der Waals surface area contributed by atoms with Gasteiger partial charge in [-0.15, -0.1) is 0 Å². The minimum atomic E-state index is -0.547. The van der Waals surface area contributed by atoms with Crippen LogP contribution in [0.15, 0.2) is 0 Å². The van der Waals surface area contributed by atoms with Gasteiger partial charge in [-0.1, -0.05) is 0 Å². The maximum absolute atomic E-state index is 9.56. The standard InChI is InChI=1S/C8H15NO2/c10-7-4-9-3-6(8(7)11)5-1-2-5/h5-11H,1-4H2/t6-,7?,8-/m1/s1. The highest BCUT2D eigenvalue weighted by Crippen LogP contribution is 2.39. The summed E-state index contributed by atoms with van der Waals surface area (Å²) in [6.07, 6.45) is 1.43. The third-order valence-electron chi connectivity index (χ3n) is 2.79. The molecule has 11 heavy (non-hydrogen) atoms. The molecule has 0 radical (unpaired) electrons. The van der Waals surface area contributed by atoms with E-state index in [-0.39, 0.29) is 0 Å². The van der Waals surface area contributed by atoms with Crippen LogP contribution in [0, 0.1) is 11.8 Å². The van der Waals surface area contributed by atoms with E-state index in [4.69, 9.17) is 0 Å². The van der Waals surface area contributed by atoms with Gasteiger partial charge in [0.05, 0.1) is 12.2 Å². The van der Waals surface area contributed by atoms with Crippen LogP contribution in [0.1, 0.15) is 12.8 Å². The van der Waals surface area contributed by atoms with Gasteiger partial charge in [0.25, 0.3) is 0 Å². The Bertz CT molecular complexity index is 147. The summed E-state index contributed by atoms with van der Waals surface area (Å²) in [4.78, 5) is 0. The number of aliphatic hydroxyl groups excluding tert-OH is 2. The van der Waals surface area contributed by atoms with Gasteiger partial charge in [0, 0.05) is 19.0 Å². The lowest BCUT2D eigenvalue weighted by Gasteiger charge is -2.32. The molecule has 3 heteroatoms. The molecular formula is C8H15NO2. The second-order valence-electron chi connectivity index (χ2n) is 3.72. The van der Waals surface area contributed by atoms with Crippen molar-refractivity contribution in [2.75, 3.05) is 13.1 Å². The Morgan fingerprint density at radius 1 is 1.09 bits per heavy atom. The Balaban J connectivity index is 1.95. The molecule has 2 fully saturated rings. The first kappa shape index (κ1) is 7.53. The fraction of sp³-hybridized carbons (Fsp3) is 1.00. The molecule has 0 spiro atoms. The van der Waals surface area contributed by atoms with Gasteiger partial charge in [0.15, 0.2) is 0 Å². The molecule has 0 amide bonds. The van der Waals surface area contributed by atoms with Crippen molar-refractivity contribution in [3.63, 3.8) is 0 Å². The van der Waals surface area contributed by atoms with Gasteiger partial charge >= 0.3 is 0 Å². The molecule has 0 bridgehead atoms. The van der Waals surface area contributed by atoms with Gasteiger partial charge in [-0.05, 0) is 18.8 Å². The minimum Gasteiger partial charge on any atom is -0.390 e. The van der Waals surface area contributed by atoms with E-state index in [1.54, 1.807) is 0 Å². The average Bonchev–Trinajstić information content (AvgIpc) is 2.77. The minimum absolute atomic E-state index is 0.304. The lowest BCUT2D eigenvalue weighted by molar-refractivity contribution is -0.0410. The SMILES string of the molecule is OC1CNC[C@H](C2CC2)[C@H]1O. The van der Waals surface area contributed by atoms with Gasteiger partial charge < -0.3 is 15.5 Å². The second-order valence-corrected chi connectivity index (χ2v) is 3.72. The maximum Gasteiger partial charge on any atom is 0.0926 e. The van der Waals surface area contributed by atoms with E-state index in [2.05, 4.69) is 5.32 Å². The summed E-state index contributed by atoms with van der Waals surface area (Å²) in [5.41, 5.74) is 0. The number of β-amino-alcohol motifs (C(OH)–C–C–N with tert-alkyl or cyclic N) is 1. The highest BCUT2D eigenvalue weighted by molar-refractivity contribution is 4.93. The number of hydrogen-bond donors (Lipinski definition) is 3.